The first-order valence-electron chi connectivity index (χ1n) is 26.5. The molecule has 0 aliphatic carbocycles. The zero-order valence-electron chi connectivity index (χ0n) is 51.0. The third kappa shape index (κ3) is 18.3. The van der Waals surface area contributed by atoms with Gasteiger partial charge in [-0.3, -0.25) is 14.8 Å². The molecular formula is C56H65BCl2F9IN8O11S2. The van der Waals surface area contributed by atoms with Gasteiger partial charge in [0.05, 0.1) is 47.5 Å². The molecule has 0 radical (unpaired) electrons. The quantitative estimate of drug-likeness (QED) is 0.0744. The van der Waals surface area contributed by atoms with Crippen molar-refractivity contribution in [1.29, 1.82) is 0 Å². The average Bonchev–Trinajstić information content (AvgIpc) is 0.842. The number of aliphatic imine (C=N–C) groups is 2. The summed E-state index contributed by atoms with van der Waals surface area (Å²) in [5, 5.41) is 0.340. The normalized spacial score (nSPS) is 21.5. The Balaban J connectivity index is 0.000000314. The van der Waals surface area contributed by atoms with Crippen LogP contribution in [0.15, 0.2) is 75.3 Å². The van der Waals surface area contributed by atoms with Crippen molar-refractivity contribution in [3.05, 3.63) is 115 Å². The van der Waals surface area contributed by atoms with Gasteiger partial charge in [-0.2, -0.15) is 18.1 Å². The number of aldehydes is 1. The molecule has 7 rings (SSSR count). The van der Waals surface area contributed by atoms with Crippen LogP contribution >= 0.6 is 45.8 Å². The van der Waals surface area contributed by atoms with E-state index in [2.05, 4.69) is 29.9 Å². The lowest BCUT2D eigenvalue weighted by molar-refractivity contribution is -0.156. The van der Waals surface area contributed by atoms with Crippen molar-refractivity contribution in [3.63, 3.8) is 0 Å². The average molecular weight is 1470 g/mol. The van der Waals surface area contributed by atoms with Gasteiger partial charge in [0.2, 0.25) is 6.29 Å². The molecule has 2 aromatic heterocycles. The number of amides is 2. The van der Waals surface area contributed by atoms with Gasteiger partial charge in [-0.25, -0.2) is 72.7 Å². The molecule has 0 spiro atoms. The van der Waals surface area contributed by atoms with Gasteiger partial charge in [0.1, 0.15) is 90.1 Å². The van der Waals surface area contributed by atoms with Crippen LogP contribution in [-0.4, -0.2) is 142 Å². The van der Waals surface area contributed by atoms with Crippen molar-refractivity contribution in [3.8, 4) is 0 Å². The van der Waals surface area contributed by atoms with Gasteiger partial charge < -0.3 is 24.5 Å². The molecule has 3 aliphatic heterocycles. The van der Waals surface area contributed by atoms with Crippen LogP contribution in [0.25, 0.3) is 17.7 Å². The first-order chi connectivity index (χ1) is 40.9. The molecule has 2 N–H and O–H groups in total. The number of nitrogens with two attached hydrogens (primary N) is 1. The molecular weight excluding hydrogens is 1400 g/mol. The van der Waals surface area contributed by atoms with Crippen LogP contribution in [0.1, 0.15) is 125 Å². The van der Waals surface area contributed by atoms with Gasteiger partial charge in [-0.05, 0) is 155 Å². The maximum atomic E-state index is 15.6. The second kappa shape index (κ2) is 28.2. The highest BCUT2D eigenvalue weighted by molar-refractivity contribution is 14.1. The summed E-state index contributed by atoms with van der Waals surface area (Å²) in [7, 11) is -9.35. The summed E-state index contributed by atoms with van der Waals surface area (Å²) in [5.41, 5.74) is -2.56. The van der Waals surface area contributed by atoms with E-state index in [4.69, 9.17) is 52.5 Å². The lowest BCUT2D eigenvalue weighted by Gasteiger charge is -2.42. The Labute approximate surface area is 539 Å². The highest BCUT2D eigenvalue weighted by Gasteiger charge is 2.58. The van der Waals surface area contributed by atoms with Crippen LogP contribution in [-0.2, 0) is 54.3 Å². The van der Waals surface area contributed by atoms with Crippen LogP contribution < -0.4 is 11.2 Å². The number of hydrogen-bond donors (Lipinski definition) is 1. The largest absolute Gasteiger partial charge is 0.494 e. The standard InChI is InChI=1S/C29H43BF2N2O8S.C19H18ClF3N4O2S.C6H3ClFIN2.C2HF3O/c1-24(2,3)39-22(35)34(23(36)40-25(4,5)6)21-26(7,8)43(37,38)17-29(16-31,33-21)19-15-18(13-14-20(19)32)30-41-27(9,10)28(11,12)42-30;1-18(2)17(24)27-19(9-21,10-30(18,28)29)12-5-11(3-4-13(12)22)6-14(23)15-7-26-16(20)8-25-15;7-6-3-10-5(2-11-6)4(8)1-9;3-2(4,5)1-6/h13-15H,16-17H2,1-12H3;3-8H,9-10H2,1-2H3,(H2,24,27);1-3H;1H/b;14-6-;4-1-;/t29-;19-;;/m00../s1. The number of carbonyl (C=O) groups is 3. The van der Waals surface area contributed by atoms with Crippen LogP contribution in [0.3, 0.4) is 0 Å². The van der Waals surface area contributed by atoms with E-state index >= 15 is 8.78 Å². The Morgan fingerprint density at radius 3 is 1.49 bits per heavy atom. The maximum Gasteiger partial charge on any atom is 0.494 e. The lowest BCUT2D eigenvalue weighted by atomic mass is 9.76. The third-order valence-electron chi connectivity index (χ3n) is 13.8. The summed E-state index contributed by atoms with van der Waals surface area (Å²) in [6.07, 6.45) is -2.39. The molecule has 0 saturated carbocycles. The molecule has 2 aromatic carbocycles. The summed E-state index contributed by atoms with van der Waals surface area (Å²) in [6, 6.07) is 7.07. The van der Waals surface area contributed by atoms with E-state index in [1.165, 1.54) is 62.4 Å². The fourth-order valence-corrected chi connectivity index (χ4v) is 11.8. The number of halogens is 12. The van der Waals surface area contributed by atoms with Gasteiger partial charge in [-0.15, -0.1) is 0 Å². The van der Waals surface area contributed by atoms with E-state index < -0.39 is 154 Å². The molecule has 494 valence electrons. The van der Waals surface area contributed by atoms with E-state index in [1.807, 2.05) is 27.7 Å². The van der Waals surface area contributed by atoms with Crippen molar-refractivity contribution < 1.29 is 89.5 Å². The number of hydrogen-bond acceptors (Lipinski definition) is 18. The molecule has 1 fully saturated rings. The summed E-state index contributed by atoms with van der Waals surface area (Å²) < 4.78 is 192. The van der Waals surface area contributed by atoms with E-state index in [-0.39, 0.29) is 38.7 Å². The number of alkyl halides is 5. The first kappa shape index (κ1) is 76.6. The number of amidine groups is 2. The third-order valence-corrected chi connectivity index (χ3v) is 19.9. The Morgan fingerprint density at radius 2 is 1.10 bits per heavy atom. The topological polar surface area (TPSA) is 262 Å². The Hall–Kier alpha value is -5.81. The second-order valence-corrected chi connectivity index (χ2v) is 30.7. The van der Waals surface area contributed by atoms with Crippen molar-refractivity contribution in [2.45, 2.75) is 146 Å². The Bertz CT molecular complexity index is 3650. The number of aromatic nitrogens is 4. The smallest absolute Gasteiger partial charge is 0.443 e. The Morgan fingerprint density at radius 1 is 0.689 bits per heavy atom. The minimum absolute atomic E-state index is 0.0809. The van der Waals surface area contributed by atoms with Gasteiger partial charge >= 0.3 is 25.5 Å². The van der Waals surface area contributed by atoms with Crippen molar-refractivity contribution in [1.82, 2.24) is 24.8 Å². The number of benzene rings is 2. The summed E-state index contributed by atoms with van der Waals surface area (Å²) >= 11 is 12.9. The number of sulfone groups is 2. The minimum atomic E-state index is -4.64. The fourth-order valence-electron chi connectivity index (χ4n) is 7.96. The van der Waals surface area contributed by atoms with Crippen LogP contribution in [0.5, 0.6) is 0 Å². The number of nitrogens with zero attached hydrogens (tertiary/aromatic N) is 7. The van der Waals surface area contributed by atoms with Crippen molar-refractivity contribution >= 4 is 126 Å². The van der Waals surface area contributed by atoms with Crippen molar-refractivity contribution in [2.75, 3.05) is 24.9 Å². The molecule has 4 aromatic rings. The zero-order chi connectivity index (χ0) is 69.0. The minimum Gasteiger partial charge on any atom is -0.443 e. The van der Waals surface area contributed by atoms with Crippen molar-refractivity contribution in [2.24, 2.45) is 15.7 Å². The fraction of sp³-hybridized carbons (Fsp3) is 0.482. The first-order valence-corrected chi connectivity index (χ1v) is 31.8. The molecule has 3 aliphatic rings. The molecule has 19 nitrogen and oxygen atoms in total. The SMILES string of the molecule is CC(C)(C)OC(=O)N(C(=O)OC(C)(C)C)C1=N[C@](CF)(c2cc(B3OC(C)(C)C(C)(C)O3)ccc2F)CS(=O)(=O)C1(C)C.CC1(C)C(N)=N[C@](CF)(c2cc(/C=C(\F)c3cnc(Cl)cn3)ccc2F)CS1(=O)=O.F/C(=C\I)c1cnc(Cl)cn1.O=CC(F)(F)F. The highest BCUT2D eigenvalue weighted by atomic mass is 127. The molecule has 2 atom stereocenters. The molecule has 34 heteroatoms. The molecule has 2 amide bonds. The van der Waals surface area contributed by atoms with Crippen LogP contribution in [0.2, 0.25) is 10.3 Å². The van der Waals surface area contributed by atoms with Gasteiger partial charge in [-0.1, -0.05) is 41.4 Å². The maximum absolute atomic E-state index is 15.6. The Kier molecular flexibility index (Phi) is 24.0. The molecule has 1 saturated heterocycles. The van der Waals surface area contributed by atoms with Gasteiger partial charge in [0.15, 0.2) is 31.3 Å². The lowest BCUT2D eigenvalue weighted by Crippen LogP contribution is -2.62. The van der Waals surface area contributed by atoms with E-state index in [0.29, 0.717) is 10.4 Å². The molecule has 90 heavy (non-hydrogen) atoms. The van der Waals surface area contributed by atoms with Gasteiger partial charge in [0, 0.05) is 15.2 Å². The summed E-state index contributed by atoms with van der Waals surface area (Å²) in [5.74, 6) is -5.76. The van der Waals surface area contributed by atoms with Crippen LogP contribution in [0.4, 0.5) is 49.1 Å². The van der Waals surface area contributed by atoms with E-state index in [0.717, 1.165) is 36.7 Å². The highest BCUT2D eigenvalue weighted by Crippen LogP contribution is 2.43. The molecule has 0 bridgehead atoms. The molecule has 5 heterocycles. The number of imide groups is 1. The zero-order valence-corrected chi connectivity index (χ0v) is 56.3. The predicted octanol–water partition coefficient (Wildman–Crippen LogP) is 12.1. The monoisotopic (exact) mass is 1470 g/mol. The number of carbonyl (C=O) groups excluding carboxylic acids is 3. The molecule has 0 unspecified atom stereocenters. The summed E-state index contributed by atoms with van der Waals surface area (Å²) in [4.78, 5) is 59.3. The number of rotatable bonds is 8. The van der Waals surface area contributed by atoms with Crippen LogP contribution in [0, 0.1) is 11.6 Å². The van der Waals surface area contributed by atoms with E-state index in [9.17, 15) is 57.2 Å². The predicted molar refractivity (Wildman–Crippen MR) is 331 cm³/mol. The van der Waals surface area contributed by atoms with Gasteiger partial charge in [0.25, 0.3) is 0 Å². The van der Waals surface area contributed by atoms with E-state index in [1.54, 1.807) is 64.1 Å². The second-order valence-electron chi connectivity index (χ2n) is 24.2. The summed E-state index contributed by atoms with van der Waals surface area (Å²) in [6.45, 7) is 19.0. The number of ether oxygens (including phenoxy) is 2.